The van der Waals surface area contributed by atoms with Gasteiger partial charge in [-0.25, -0.2) is 0 Å². The normalized spacial score (nSPS) is 11.2. The fourth-order valence-corrected chi connectivity index (χ4v) is 1.85. The SMILES string of the molecule is CC(C)(C)n1nnc(C(=O)NNC(=O)c2cccs2)n1. The fourth-order valence-electron chi connectivity index (χ4n) is 1.23. The first-order valence-corrected chi connectivity index (χ1v) is 6.70. The minimum absolute atomic E-state index is 0.105. The van der Waals surface area contributed by atoms with Crippen molar-refractivity contribution in [3.05, 3.63) is 28.2 Å². The average Bonchev–Trinajstić information content (AvgIpc) is 3.04. The summed E-state index contributed by atoms with van der Waals surface area (Å²) in [7, 11) is 0. The number of hydrogen-bond acceptors (Lipinski definition) is 6. The van der Waals surface area contributed by atoms with E-state index in [0.717, 1.165) is 0 Å². The van der Waals surface area contributed by atoms with Crippen molar-refractivity contribution >= 4 is 23.2 Å². The van der Waals surface area contributed by atoms with Crippen LogP contribution in [0.4, 0.5) is 0 Å². The van der Waals surface area contributed by atoms with E-state index in [1.54, 1.807) is 17.5 Å². The van der Waals surface area contributed by atoms with E-state index in [1.807, 2.05) is 20.8 Å². The summed E-state index contributed by atoms with van der Waals surface area (Å²) in [5.74, 6) is -1.12. The number of hydrazine groups is 1. The molecular weight excluding hydrogens is 280 g/mol. The van der Waals surface area contributed by atoms with Gasteiger partial charge in [0.25, 0.3) is 11.7 Å². The van der Waals surface area contributed by atoms with Crippen LogP contribution in [0, 0.1) is 0 Å². The van der Waals surface area contributed by atoms with E-state index < -0.39 is 11.8 Å². The molecule has 0 fully saturated rings. The number of thiophene rings is 1. The molecule has 9 heteroatoms. The van der Waals surface area contributed by atoms with Crippen LogP contribution in [0.2, 0.25) is 0 Å². The Morgan fingerprint density at radius 3 is 2.50 bits per heavy atom. The lowest BCUT2D eigenvalue weighted by Crippen LogP contribution is -2.41. The molecule has 0 radical (unpaired) electrons. The van der Waals surface area contributed by atoms with E-state index in [2.05, 4.69) is 26.3 Å². The van der Waals surface area contributed by atoms with Crippen molar-refractivity contribution < 1.29 is 9.59 Å². The van der Waals surface area contributed by atoms with E-state index in [-0.39, 0.29) is 11.4 Å². The third kappa shape index (κ3) is 3.18. The monoisotopic (exact) mass is 294 g/mol. The molecule has 2 rings (SSSR count). The second-order valence-electron chi connectivity index (χ2n) is 4.96. The maximum atomic E-state index is 11.8. The second kappa shape index (κ2) is 5.37. The Morgan fingerprint density at radius 1 is 1.25 bits per heavy atom. The Labute approximate surface area is 119 Å². The lowest BCUT2D eigenvalue weighted by Gasteiger charge is -2.15. The summed E-state index contributed by atoms with van der Waals surface area (Å²) < 4.78 is 0. The zero-order valence-corrected chi connectivity index (χ0v) is 12.1. The summed E-state index contributed by atoms with van der Waals surface area (Å²) in [5.41, 5.74) is 4.16. The number of hydrogen-bond donors (Lipinski definition) is 2. The summed E-state index contributed by atoms with van der Waals surface area (Å²) >= 11 is 1.27. The number of nitrogens with zero attached hydrogens (tertiary/aromatic N) is 4. The predicted octanol–water partition coefficient (Wildman–Crippen LogP) is 0.564. The summed E-state index contributed by atoms with van der Waals surface area (Å²) in [6, 6.07) is 3.40. The smallest absolute Gasteiger partial charge is 0.266 e. The topological polar surface area (TPSA) is 102 Å². The van der Waals surface area contributed by atoms with Gasteiger partial charge in [-0.1, -0.05) is 6.07 Å². The number of rotatable bonds is 2. The molecule has 0 aliphatic heterocycles. The second-order valence-corrected chi connectivity index (χ2v) is 5.91. The highest BCUT2D eigenvalue weighted by molar-refractivity contribution is 7.12. The molecule has 2 heterocycles. The first-order chi connectivity index (χ1) is 9.38. The Kier molecular flexibility index (Phi) is 3.79. The summed E-state index contributed by atoms with van der Waals surface area (Å²) in [4.78, 5) is 25.2. The van der Waals surface area contributed by atoms with Gasteiger partial charge in [0.1, 0.15) is 0 Å². The Bertz CT molecular complexity index is 613. The van der Waals surface area contributed by atoms with Gasteiger partial charge < -0.3 is 0 Å². The number of amides is 2. The fraction of sp³-hybridized carbons (Fsp3) is 0.364. The van der Waals surface area contributed by atoms with Crippen LogP contribution in [0.1, 0.15) is 41.1 Å². The highest BCUT2D eigenvalue weighted by Crippen LogP contribution is 2.09. The van der Waals surface area contributed by atoms with Crippen LogP contribution in [0.25, 0.3) is 0 Å². The van der Waals surface area contributed by atoms with Gasteiger partial charge in [0.15, 0.2) is 0 Å². The van der Waals surface area contributed by atoms with Crippen molar-refractivity contribution in [3.63, 3.8) is 0 Å². The van der Waals surface area contributed by atoms with Gasteiger partial charge in [-0.3, -0.25) is 20.4 Å². The lowest BCUT2D eigenvalue weighted by molar-refractivity contribution is 0.0842. The molecule has 20 heavy (non-hydrogen) atoms. The van der Waals surface area contributed by atoms with Gasteiger partial charge in [0.2, 0.25) is 0 Å². The van der Waals surface area contributed by atoms with Gasteiger partial charge in [0, 0.05) is 0 Å². The van der Waals surface area contributed by atoms with Crippen LogP contribution in [0.5, 0.6) is 0 Å². The highest BCUT2D eigenvalue weighted by Gasteiger charge is 2.20. The molecule has 0 saturated heterocycles. The van der Waals surface area contributed by atoms with Gasteiger partial charge in [-0.15, -0.1) is 21.5 Å². The van der Waals surface area contributed by atoms with Gasteiger partial charge in [-0.05, 0) is 37.4 Å². The first kappa shape index (κ1) is 14.1. The van der Waals surface area contributed by atoms with Crippen molar-refractivity contribution in [2.75, 3.05) is 0 Å². The van der Waals surface area contributed by atoms with Crippen LogP contribution < -0.4 is 10.9 Å². The van der Waals surface area contributed by atoms with Crippen molar-refractivity contribution in [3.8, 4) is 0 Å². The molecule has 0 atom stereocenters. The number of carbonyl (C=O) groups is 2. The molecule has 0 saturated carbocycles. The zero-order chi connectivity index (χ0) is 14.8. The lowest BCUT2D eigenvalue weighted by atomic mass is 10.1. The van der Waals surface area contributed by atoms with Crippen LogP contribution in [0.15, 0.2) is 17.5 Å². The van der Waals surface area contributed by atoms with Crippen molar-refractivity contribution in [2.45, 2.75) is 26.3 Å². The van der Waals surface area contributed by atoms with E-state index in [1.165, 1.54) is 16.1 Å². The summed E-state index contributed by atoms with van der Waals surface area (Å²) in [5, 5.41) is 13.2. The molecule has 2 aromatic rings. The molecule has 2 aromatic heterocycles. The third-order valence-electron chi connectivity index (χ3n) is 2.25. The van der Waals surface area contributed by atoms with Crippen molar-refractivity contribution in [2.24, 2.45) is 0 Å². The van der Waals surface area contributed by atoms with Crippen LogP contribution >= 0.6 is 11.3 Å². The number of tetrazole rings is 1. The number of carbonyl (C=O) groups excluding carboxylic acids is 2. The largest absolute Gasteiger partial charge is 0.311 e. The highest BCUT2D eigenvalue weighted by atomic mass is 32.1. The summed E-state index contributed by atoms with van der Waals surface area (Å²) in [6.45, 7) is 5.65. The molecule has 0 aromatic carbocycles. The minimum atomic E-state index is -0.620. The Balaban J connectivity index is 1.95. The molecule has 0 unspecified atom stereocenters. The molecule has 0 aliphatic rings. The number of aromatic nitrogens is 4. The Hall–Kier alpha value is -2.29. The average molecular weight is 294 g/mol. The first-order valence-electron chi connectivity index (χ1n) is 5.82. The minimum Gasteiger partial charge on any atom is -0.266 e. The third-order valence-corrected chi connectivity index (χ3v) is 3.12. The molecule has 0 bridgehead atoms. The maximum absolute atomic E-state index is 11.8. The van der Waals surface area contributed by atoms with Crippen molar-refractivity contribution in [1.29, 1.82) is 0 Å². The molecule has 2 N–H and O–H groups in total. The van der Waals surface area contributed by atoms with Gasteiger partial charge >= 0.3 is 5.91 Å². The van der Waals surface area contributed by atoms with E-state index in [9.17, 15) is 9.59 Å². The van der Waals surface area contributed by atoms with Crippen LogP contribution in [-0.4, -0.2) is 32.0 Å². The molecule has 106 valence electrons. The van der Waals surface area contributed by atoms with E-state index in [4.69, 9.17) is 0 Å². The van der Waals surface area contributed by atoms with Gasteiger partial charge in [-0.2, -0.15) is 4.80 Å². The molecule has 2 amide bonds. The molecular formula is C11H14N6O2S. The summed E-state index contributed by atoms with van der Waals surface area (Å²) in [6.07, 6.45) is 0. The Morgan fingerprint density at radius 2 is 1.95 bits per heavy atom. The molecule has 8 nitrogen and oxygen atoms in total. The van der Waals surface area contributed by atoms with Crippen LogP contribution in [0.3, 0.4) is 0 Å². The van der Waals surface area contributed by atoms with Gasteiger partial charge in [0.05, 0.1) is 10.4 Å². The molecule has 0 spiro atoms. The quantitative estimate of drug-likeness (QED) is 0.788. The van der Waals surface area contributed by atoms with Crippen LogP contribution in [-0.2, 0) is 5.54 Å². The predicted molar refractivity (Wildman–Crippen MR) is 72.1 cm³/mol. The maximum Gasteiger partial charge on any atom is 0.311 e. The zero-order valence-electron chi connectivity index (χ0n) is 11.2. The van der Waals surface area contributed by atoms with E-state index in [0.29, 0.717) is 4.88 Å². The standard InChI is InChI=1S/C11H14N6O2S/c1-11(2,3)17-15-8(12-16-17)10(19)14-13-9(18)7-5-4-6-20-7/h4-6H,1-3H3,(H,13,18)(H,14,19). The molecule has 0 aliphatic carbocycles. The van der Waals surface area contributed by atoms with Crippen molar-refractivity contribution in [1.82, 2.24) is 31.1 Å². The van der Waals surface area contributed by atoms with E-state index >= 15 is 0 Å². The number of nitrogens with one attached hydrogen (secondary N) is 2.